The highest BCUT2D eigenvalue weighted by Crippen LogP contribution is 2.36. The standard InChI is InChI=1S/C10H9BrO2/c11-8-1-2-9-7(5-8)3-4-10(9,13)6-12/h1-2,5-6,13H,3-4H2. The summed E-state index contributed by atoms with van der Waals surface area (Å²) in [7, 11) is 0. The molecule has 1 unspecified atom stereocenters. The van der Waals surface area contributed by atoms with Crippen LogP contribution in [0.5, 0.6) is 0 Å². The predicted octanol–water partition coefficient (Wildman–Crippen LogP) is 1.78. The maximum atomic E-state index is 10.7. The summed E-state index contributed by atoms with van der Waals surface area (Å²) in [5.74, 6) is 0. The number of hydrogen-bond acceptors (Lipinski definition) is 2. The quantitative estimate of drug-likeness (QED) is 0.761. The number of aldehydes is 1. The Labute approximate surface area is 84.7 Å². The molecule has 1 N–H and O–H groups in total. The van der Waals surface area contributed by atoms with Gasteiger partial charge >= 0.3 is 0 Å². The monoisotopic (exact) mass is 240 g/mol. The molecule has 1 aliphatic carbocycles. The van der Waals surface area contributed by atoms with Crippen LogP contribution in [0.3, 0.4) is 0 Å². The summed E-state index contributed by atoms with van der Waals surface area (Å²) in [6.45, 7) is 0. The number of hydrogen-bond donors (Lipinski definition) is 1. The number of carbonyl (C=O) groups is 1. The van der Waals surface area contributed by atoms with Crippen LogP contribution in [0, 0.1) is 0 Å². The fourth-order valence-electron chi connectivity index (χ4n) is 1.77. The number of carbonyl (C=O) groups excluding carboxylic acids is 1. The van der Waals surface area contributed by atoms with E-state index in [1.807, 2.05) is 12.1 Å². The molecule has 3 heteroatoms. The van der Waals surface area contributed by atoms with Gasteiger partial charge in [-0.3, -0.25) is 4.79 Å². The van der Waals surface area contributed by atoms with Crippen LogP contribution in [0.4, 0.5) is 0 Å². The summed E-state index contributed by atoms with van der Waals surface area (Å²) in [5, 5.41) is 9.86. The lowest BCUT2D eigenvalue weighted by Gasteiger charge is -2.15. The van der Waals surface area contributed by atoms with Gasteiger partial charge in [0.2, 0.25) is 0 Å². The van der Waals surface area contributed by atoms with Crippen molar-refractivity contribution in [3.05, 3.63) is 33.8 Å². The number of rotatable bonds is 1. The molecule has 68 valence electrons. The Balaban J connectivity index is 2.55. The molecule has 1 atom stereocenters. The lowest BCUT2D eigenvalue weighted by atomic mass is 9.98. The average molecular weight is 241 g/mol. The van der Waals surface area contributed by atoms with Gasteiger partial charge in [-0.25, -0.2) is 0 Å². The van der Waals surface area contributed by atoms with E-state index in [2.05, 4.69) is 15.9 Å². The molecule has 2 nitrogen and oxygen atoms in total. The van der Waals surface area contributed by atoms with Gasteiger partial charge in [0.1, 0.15) is 5.60 Å². The van der Waals surface area contributed by atoms with E-state index in [4.69, 9.17) is 0 Å². The molecule has 0 amide bonds. The SMILES string of the molecule is O=CC1(O)CCc2cc(Br)ccc21. The van der Waals surface area contributed by atoms with Crippen LogP contribution >= 0.6 is 15.9 Å². The van der Waals surface area contributed by atoms with Crippen molar-refractivity contribution in [3.63, 3.8) is 0 Å². The fourth-order valence-corrected chi connectivity index (χ4v) is 2.18. The molecule has 1 aromatic rings. The number of aryl methyl sites for hydroxylation is 1. The maximum Gasteiger partial charge on any atom is 0.156 e. The number of aliphatic hydroxyl groups is 1. The molecule has 0 heterocycles. The predicted molar refractivity (Wildman–Crippen MR) is 52.4 cm³/mol. The van der Waals surface area contributed by atoms with Gasteiger partial charge in [-0.2, -0.15) is 0 Å². The van der Waals surface area contributed by atoms with E-state index >= 15 is 0 Å². The van der Waals surface area contributed by atoms with E-state index in [0.29, 0.717) is 12.7 Å². The summed E-state index contributed by atoms with van der Waals surface area (Å²) in [5.41, 5.74) is 0.574. The van der Waals surface area contributed by atoms with Crippen molar-refractivity contribution in [2.24, 2.45) is 0 Å². The molecule has 0 radical (unpaired) electrons. The van der Waals surface area contributed by atoms with Crippen molar-refractivity contribution >= 4 is 22.2 Å². The minimum absolute atomic E-state index is 0.502. The second-order valence-corrected chi connectivity index (χ2v) is 4.26. The third kappa shape index (κ3) is 1.32. The van der Waals surface area contributed by atoms with E-state index in [-0.39, 0.29) is 0 Å². The summed E-state index contributed by atoms with van der Waals surface area (Å²) >= 11 is 3.35. The Morgan fingerprint density at radius 1 is 1.54 bits per heavy atom. The second kappa shape index (κ2) is 2.93. The zero-order valence-electron chi connectivity index (χ0n) is 6.96. The highest BCUT2D eigenvalue weighted by Gasteiger charge is 2.36. The van der Waals surface area contributed by atoms with Gasteiger partial charge in [-0.1, -0.05) is 22.0 Å². The average Bonchev–Trinajstić information content (AvgIpc) is 2.45. The van der Waals surface area contributed by atoms with Gasteiger partial charge in [-0.15, -0.1) is 0 Å². The molecule has 0 saturated carbocycles. The van der Waals surface area contributed by atoms with E-state index in [9.17, 15) is 9.90 Å². The minimum Gasteiger partial charge on any atom is -0.378 e. The van der Waals surface area contributed by atoms with Crippen molar-refractivity contribution in [3.8, 4) is 0 Å². The van der Waals surface area contributed by atoms with Crippen molar-refractivity contribution in [2.75, 3.05) is 0 Å². The van der Waals surface area contributed by atoms with Crippen LogP contribution in [-0.4, -0.2) is 11.4 Å². The lowest BCUT2D eigenvalue weighted by molar-refractivity contribution is -0.124. The van der Waals surface area contributed by atoms with E-state index in [1.54, 1.807) is 6.07 Å². The molecule has 13 heavy (non-hydrogen) atoms. The molecule has 0 fully saturated rings. The minimum atomic E-state index is -1.24. The molecule has 0 saturated heterocycles. The van der Waals surface area contributed by atoms with Crippen LogP contribution in [0.25, 0.3) is 0 Å². The Hall–Kier alpha value is -0.670. The number of benzene rings is 1. The Morgan fingerprint density at radius 3 is 3.00 bits per heavy atom. The van der Waals surface area contributed by atoms with Crippen LogP contribution in [0.2, 0.25) is 0 Å². The van der Waals surface area contributed by atoms with Gasteiger partial charge in [0.25, 0.3) is 0 Å². The van der Waals surface area contributed by atoms with Crippen molar-refractivity contribution < 1.29 is 9.90 Å². The molecular formula is C10H9BrO2. The van der Waals surface area contributed by atoms with Gasteiger partial charge < -0.3 is 5.11 Å². The van der Waals surface area contributed by atoms with Crippen LogP contribution in [0.1, 0.15) is 17.5 Å². The third-order valence-electron chi connectivity index (χ3n) is 2.50. The Bertz CT molecular complexity index is 362. The Morgan fingerprint density at radius 2 is 2.31 bits per heavy atom. The molecule has 0 bridgehead atoms. The highest BCUT2D eigenvalue weighted by molar-refractivity contribution is 9.10. The van der Waals surface area contributed by atoms with E-state index < -0.39 is 5.60 Å². The van der Waals surface area contributed by atoms with Crippen LogP contribution in [0.15, 0.2) is 22.7 Å². The van der Waals surface area contributed by atoms with E-state index in [0.717, 1.165) is 22.0 Å². The van der Waals surface area contributed by atoms with Gasteiger partial charge in [0, 0.05) is 4.47 Å². The summed E-state index contributed by atoms with van der Waals surface area (Å²) in [4.78, 5) is 10.7. The van der Waals surface area contributed by atoms with Gasteiger partial charge in [0.05, 0.1) is 0 Å². The smallest absolute Gasteiger partial charge is 0.156 e. The highest BCUT2D eigenvalue weighted by atomic mass is 79.9. The zero-order valence-corrected chi connectivity index (χ0v) is 8.54. The first kappa shape index (κ1) is 8.91. The van der Waals surface area contributed by atoms with Gasteiger partial charge in [-0.05, 0) is 36.1 Å². The maximum absolute atomic E-state index is 10.7. The number of fused-ring (bicyclic) bond motifs is 1. The largest absolute Gasteiger partial charge is 0.378 e. The summed E-state index contributed by atoms with van der Waals surface area (Å²) < 4.78 is 0.987. The first-order chi connectivity index (χ1) is 6.15. The molecule has 2 rings (SSSR count). The lowest BCUT2D eigenvalue weighted by Crippen LogP contribution is -2.23. The van der Waals surface area contributed by atoms with Crippen molar-refractivity contribution in [1.29, 1.82) is 0 Å². The summed E-state index contributed by atoms with van der Waals surface area (Å²) in [6, 6.07) is 5.61. The molecule has 0 spiro atoms. The third-order valence-corrected chi connectivity index (χ3v) is 3.00. The Kier molecular flexibility index (Phi) is 2.00. The first-order valence-corrected chi connectivity index (χ1v) is 4.93. The molecule has 0 aliphatic heterocycles. The fraction of sp³-hybridized carbons (Fsp3) is 0.300. The van der Waals surface area contributed by atoms with Crippen molar-refractivity contribution in [1.82, 2.24) is 0 Å². The van der Waals surface area contributed by atoms with Crippen LogP contribution in [-0.2, 0) is 16.8 Å². The van der Waals surface area contributed by atoms with Crippen LogP contribution < -0.4 is 0 Å². The number of halogens is 1. The molecular weight excluding hydrogens is 232 g/mol. The topological polar surface area (TPSA) is 37.3 Å². The van der Waals surface area contributed by atoms with Gasteiger partial charge in [0.15, 0.2) is 6.29 Å². The molecule has 1 aliphatic rings. The van der Waals surface area contributed by atoms with Crippen molar-refractivity contribution in [2.45, 2.75) is 18.4 Å². The molecule has 1 aromatic carbocycles. The summed E-state index contributed by atoms with van der Waals surface area (Å²) in [6.07, 6.45) is 1.90. The first-order valence-electron chi connectivity index (χ1n) is 4.13. The molecule has 0 aromatic heterocycles. The van der Waals surface area contributed by atoms with E-state index in [1.165, 1.54) is 0 Å². The second-order valence-electron chi connectivity index (χ2n) is 3.34. The normalized spacial score (nSPS) is 25.7. The zero-order chi connectivity index (χ0) is 9.47.